The molecule has 17 heavy (non-hydrogen) atoms. The van der Waals surface area contributed by atoms with E-state index in [1.165, 1.54) is 22.3 Å². The van der Waals surface area contributed by atoms with E-state index in [1.54, 1.807) is 0 Å². The van der Waals surface area contributed by atoms with Crippen LogP contribution in [0.3, 0.4) is 0 Å². The maximum absolute atomic E-state index is 2.19. The summed E-state index contributed by atoms with van der Waals surface area (Å²) >= 11 is 0. The fourth-order valence-electron chi connectivity index (χ4n) is 1.92. The van der Waals surface area contributed by atoms with Gasteiger partial charge in [0, 0.05) is 0 Å². The SMILES string of the molecule is CCc1ccccc1.Cc1cc(C)cc(C)c1. The molecule has 0 heteroatoms. The third-order valence-corrected chi connectivity index (χ3v) is 2.62. The van der Waals surface area contributed by atoms with Gasteiger partial charge < -0.3 is 0 Å². The summed E-state index contributed by atoms with van der Waals surface area (Å²) in [5.74, 6) is 0. The summed E-state index contributed by atoms with van der Waals surface area (Å²) < 4.78 is 0. The smallest absolute Gasteiger partial charge is 0.0307 e. The number of aryl methyl sites for hydroxylation is 4. The van der Waals surface area contributed by atoms with Crippen LogP contribution in [0.25, 0.3) is 0 Å². The summed E-state index contributed by atoms with van der Waals surface area (Å²) in [4.78, 5) is 0. The van der Waals surface area contributed by atoms with E-state index in [2.05, 4.69) is 70.2 Å². The van der Waals surface area contributed by atoms with Crippen molar-refractivity contribution in [2.45, 2.75) is 34.1 Å². The van der Waals surface area contributed by atoms with E-state index in [0.29, 0.717) is 0 Å². The average Bonchev–Trinajstić information content (AvgIpc) is 2.29. The maximum atomic E-state index is 2.19. The third-order valence-electron chi connectivity index (χ3n) is 2.62. The Morgan fingerprint density at radius 2 is 1.12 bits per heavy atom. The Morgan fingerprint density at radius 3 is 1.41 bits per heavy atom. The minimum absolute atomic E-state index is 1.14. The summed E-state index contributed by atoms with van der Waals surface area (Å²) in [6.07, 6.45) is 1.14. The van der Waals surface area contributed by atoms with Crippen LogP contribution >= 0.6 is 0 Å². The van der Waals surface area contributed by atoms with Gasteiger partial charge in [-0.1, -0.05) is 72.1 Å². The summed E-state index contributed by atoms with van der Waals surface area (Å²) in [5.41, 5.74) is 5.47. The first-order valence-electron chi connectivity index (χ1n) is 6.20. The predicted molar refractivity (Wildman–Crippen MR) is 76.5 cm³/mol. The Labute approximate surface area is 105 Å². The van der Waals surface area contributed by atoms with E-state index in [0.717, 1.165) is 6.42 Å². The standard InChI is InChI=1S/C9H12.C8H10/c1-7-4-8(2)6-9(3)5-7;1-2-8-6-4-3-5-7-8/h4-6H,1-3H3;3-7H,2H2,1H3. The Morgan fingerprint density at radius 1 is 0.706 bits per heavy atom. The van der Waals surface area contributed by atoms with Crippen molar-refractivity contribution in [2.75, 3.05) is 0 Å². The van der Waals surface area contributed by atoms with E-state index < -0.39 is 0 Å². The van der Waals surface area contributed by atoms with Gasteiger partial charge in [-0.25, -0.2) is 0 Å². The van der Waals surface area contributed by atoms with Crippen molar-refractivity contribution < 1.29 is 0 Å². The molecule has 2 rings (SSSR count). The number of hydrogen-bond donors (Lipinski definition) is 0. The number of hydrogen-bond acceptors (Lipinski definition) is 0. The van der Waals surface area contributed by atoms with Crippen molar-refractivity contribution in [1.82, 2.24) is 0 Å². The molecule has 0 aromatic heterocycles. The monoisotopic (exact) mass is 226 g/mol. The molecule has 0 fully saturated rings. The first-order valence-corrected chi connectivity index (χ1v) is 6.20. The van der Waals surface area contributed by atoms with Crippen molar-refractivity contribution >= 4 is 0 Å². The number of rotatable bonds is 1. The van der Waals surface area contributed by atoms with Crippen LogP contribution in [0, 0.1) is 20.8 Å². The summed E-state index contributed by atoms with van der Waals surface area (Å²) in [7, 11) is 0. The van der Waals surface area contributed by atoms with Crippen LogP contribution in [-0.4, -0.2) is 0 Å². The highest BCUT2D eigenvalue weighted by Gasteiger charge is 1.87. The molecule has 0 aliphatic carbocycles. The molecule has 0 unspecified atom stereocenters. The van der Waals surface area contributed by atoms with Crippen LogP contribution in [0.2, 0.25) is 0 Å². The first-order chi connectivity index (χ1) is 8.11. The maximum Gasteiger partial charge on any atom is -0.0307 e. The normalized spacial score (nSPS) is 9.41. The molecule has 2 aromatic carbocycles. The van der Waals surface area contributed by atoms with Crippen LogP contribution in [0.4, 0.5) is 0 Å². The van der Waals surface area contributed by atoms with Gasteiger partial charge in [0.15, 0.2) is 0 Å². The zero-order valence-electron chi connectivity index (χ0n) is 11.3. The van der Waals surface area contributed by atoms with Crippen LogP contribution in [0.5, 0.6) is 0 Å². The third kappa shape index (κ3) is 5.35. The predicted octanol–water partition coefficient (Wildman–Crippen LogP) is 4.86. The molecule has 0 atom stereocenters. The topological polar surface area (TPSA) is 0 Å². The molecular weight excluding hydrogens is 204 g/mol. The van der Waals surface area contributed by atoms with Crippen LogP contribution < -0.4 is 0 Å². The van der Waals surface area contributed by atoms with Crippen molar-refractivity contribution in [1.29, 1.82) is 0 Å². The molecule has 0 amide bonds. The van der Waals surface area contributed by atoms with Gasteiger partial charge in [0.1, 0.15) is 0 Å². The van der Waals surface area contributed by atoms with Gasteiger partial charge in [0.25, 0.3) is 0 Å². The molecule has 0 radical (unpaired) electrons. The molecule has 2 aromatic rings. The molecule has 0 spiro atoms. The minimum Gasteiger partial charge on any atom is -0.0622 e. The van der Waals surface area contributed by atoms with E-state index in [4.69, 9.17) is 0 Å². The van der Waals surface area contributed by atoms with Crippen molar-refractivity contribution in [3.8, 4) is 0 Å². The summed E-state index contributed by atoms with van der Waals surface area (Å²) in [6, 6.07) is 17.0. The molecule has 0 aliphatic rings. The molecule has 0 aliphatic heterocycles. The fourth-order valence-corrected chi connectivity index (χ4v) is 1.92. The molecule has 0 bridgehead atoms. The van der Waals surface area contributed by atoms with Crippen LogP contribution in [0.15, 0.2) is 48.5 Å². The molecule has 0 saturated carbocycles. The molecular formula is C17H22. The largest absolute Gasteiger partial charge is 0.0622 e. The van der Waals surface area contributed by atoms with E-state index >= 15 is 0 Å². The lowest BCUT2D eigenvalue weighted by Gasteiger charge is -1.96. The molecule has 0 saturated heterocycles. The Kier molecular flexibility index (Phi) is 5.48. The molecule has 0 heterocycles. The highest BCUT2D eigenvalue weighted by molar-refractivity contribution is 5.27. The zero-order chi connectivity index (χ0) is 12.7. The molecule has 90 valence electrons. The lowest BCUT2D eigenvalue weighted by Crippen LogP contribution is -1.78. The number of benzene rings is 2. The second-order valence-electron chi connectivity index (χ2n) is 4.50. The van der Waals surface area contributed by atoms with Gasteiger partial charge in [-0.3, -0.25) is 0 Å². The van der Waals surface area contributed by atoms with Crippen molar-refractivity contribution in [3.05, 3.63) is 70.8 Å². The van der Waals surface area contributed by atoms with E-state index in [9.17, 15) is 0 Å². The van der Waals surface area contributed by atoms with Crippen molar-refractivity contribution in [2.24, 2.45) is 0 Å². The average molecular weight is 226 g/mol. The summed E-state index contributed by atoms with van der Waals surface area (Å²) in [6.45, 7) is 8.54. The lowest BCUT2D eigenvalue weighted by molar-refractivity contribution is 1.14. The van der Waals surface area contributed by atoms with Gasteiger partial charge in [-0.15, -0.1) is 0 Å². The second kappa shape index (κ2) is 6.90. The van der Waals surface area contributed by atoms with Gasteiger partial charge >= 0.3 is 0 Å². The van der Waals surface area contributed by atoms with Gasteiger partial charge in [0.2, 0.25) is 0 Å². The minimum atomic E-state index is 1.14. The fraction of sp³-hybridized carbons (Fsp3) is 0.294. The van der Waals surface area contributed by atoms with Gasteiger partial charge in [0.05, 0.1) is 0 Å². The molecule has 0 N–H and O–H groups in total. The molecule has 0 nitrogen and oxygen atoms in total. The van der Waals surface area contributed by atoms with Crippen LogP contribution in [-0.2, 0) is 6.42 Å². The van der Waals surface area contributed by atoms with Crippen LogP contribution in [0.1, 0.15) is 29.2 Å². The van der Waals surface area contributed by atoms with E-state index in [1.807, 2.05) is 6.07 Å². The quantitative estimate of drug-likeness (QED) is 0.651. The summed E-state index contributed by atoms with van der Waals surface area (Å²) in [5, 5.41) is 0. The Balaban J connectivity index is 0.000000171. The van der Waals surface area contributed by atoms with E-state index in [-0.39, 0.29) is 0 Å². The van der Waals surface area contributed by atoms with Gasteiger partial charge in [-0.2, -0.15) is 0 Å². The van der Waals surface area contributed by atoms with Crippen molar-refractivity contribution in [3.63, 3.8) is 0 Å². The zero-order valence-corrected chi connectivity index (χ0v) is 11.3. The highest BCUT2D eigenvalue weighted by Crippen LogP contribution is 2.06. The lowest BCUT2D eigenvalue weighted by atomic mass is 10.1. The second-order valence-corrected chi connectivity index (χ2v) is 4.50. The first kappa shape index (κ1) is 13.5. The highest BCUT2D eigenvalue weighted by atomic mass is 13.9. The Bertz CT molecular complexity index is 390. The van der Waals surface area contributed by atoms with Gasteiger partial charge in [-0.05, 0) is 32.8 Å². The Hall–Kier alpha value is -1.56.